The number of aromatic nitrogens is 1. The Bertz CT molecular complexity index is 237. The first kappa shape index (κ1) is 10.5. The monoisotopic (exact) mass is 200 g/mol. The largest absolute Gasteiger partial charge is 0.376 e. The molecule has 3 nitrogen and oxygen atoms in total. The van der Waals surface area contributed by atoms with Gasteiger partial charge in [-0.3, -0.25) is 0 Å². The molecule has 1 rings (SSSR count). The zero-order valence-corrected chi connectivity index (χ0v) is 8.77. The minimum absolute atomic E-state index is 0.618. The van der Waals surface area contributed by atoms with Crippen molar-refractivity contribution in [2.45, 2.75) is 32.8 Å². The van der Waals surface area contributed by atoms with E-state index < -0.39 is 0 Å². The van der Waals surface area contributed by atoms with Crippen LogP contribution in [0.1, 0.15) is 31.1 Å². The molecule has 74 valence electrons. The summed E-state index contributed by atoms with van der Waals surface area (Å²) in [4.78, 5) is 5.05. The lowest BCUT2D eigenvalue weighted by Crippen LogP contribution is -1.93. The van der Waals surface area contributed by atoms with Crippen molar-refractivity contribution in [2.75, 3.05) is 12.3 Å². The number of rotatable bonds is 6. The predicted octanol–water partition coefficient (Wildman–Crippen LogP) is 2.43. The van der Waals surface area contributed by atoms with Crippen molar-refractivity contribution in [3.8, 4) is 0 Å². The van der Waals surface area contributed by atoms with Crippen LogP contribution in [0.4, 0.5) is 5.13 Å². The van der Waals surface area contributed by atoms with Gasteiger partial charge in [-0.05, 0) is 6.42 Å². The van der Waals surface area contributed by atoms with Gasteiger partial charge in [-0.25, -0.2) is 4.98 Å². The van der Waals surface area contributed by atoms with Crippen molar-refractivity contribution in [1.82, 2.24) is 4.98 Å². The highest BCUT2D eigenvalue weighted by Crippen LogP contribution is 2.15. The summed E-state index contributed by atoms with van der Waals surface area (Å²) >= 11 is 1.49. The molecule has 0 saturated carbocycles. The van der Waals surface area contributed by atoms with Crippen LogP contribution in [0.15, 0.2) is 6.20 Å². The second-order valence-corrected chi connectivity index (χ2v) is 4.07. The standard InChI is InChI=1S/C9H16N2OS/c1-2-3-4-5-12-7-8-6-11-9(10)13-8/h6H,2-5,7H2,1H3,(H2,10,11). The summed E-state index contributed by atoms with van der Waals surface area (Å²) in [6, 6.07) is 0. The first-order valence-electron chi connectivity index (χ1n) is 4.61. The maximum atomic E-state index is 5.48. The molecule has 1 aromatic rings. The summed E-state index contributed by atoms with van der Waals surface area (Å²) in [5.41, 5.74) is 5.48. The molecule has 0 aromatic carbocycles. The number of nitrogen functional groups attached to an aromatic ring is 1. The molecule has 0 aliphatic carbocycles. The maximum absolute atomic E-state index is 5.48. The molecule has 0 bridgehead atoms. The quantitative estimate of drug-likeness (QED) is 0.717. The Morgan fingerprint density at radius 3 is 3.00 bits per heavy atom. The number of thiazole rings is 1. The lowest BCUT2D eigenvalue weighted by atomic mass is 10.3. The van der Waals surface area contributed by atoms with Crippen LogP contribution >= 0.6 is 11.3 Å². The molecule has 2 N–H and O–H groups in total. The smallest absolute Gasteiger partial charge is 0.180 e. The van der Waals surface area contributed by atoms with E-state index in [2.05, 4.69) is 11.9 Å². The van der Waals surface area contributed by atoms with Crippen LogP contribution in [-0.2, 0) is 11.3 Å². The fraction of sp³-hybridized carbons (Fsp3) is 0.667. The van der Waals surface area contributed by atoms with Gasteiger partial charge in [0.1, 0.15) is 0 Å². The van der Waals surface area contributed by atoms with Crippen molar-refractivity contribution in [1.29, 1.82) is 0 Å². The average Bonchev–Trinajstić information content (AvgIpc) is 2.51. The summed E-state index contributed by atoms with van der Waals surface area (Å²) < 4.78 is 5.45. The molecule has 4 heteroatoms. The van der Waals surface area contributed by atoms with Crippen LogP contribution < -0.4 is 5.73 Å². The van der Waals surface area contributed by atoms with E-state index in [1.165, 1.54) is 24.2 Å². The number of hydrogen-bond acceptors (Lipinski definition) is 4. The number of nitrogens with two attached hydrogens (primary N) is 1. The lowest BCUT2D eigenvalue weighted by molar-refractivity contribution is 0.119. The number of ether oxygens (including phenoxy) is 1. The fourth-order valence-electron chi connectivity index (χ4n) is 1.02. The SMILES string of the molecule is CCCCCOCc1cnc(N)s1. The second kappa shape index (κ2) is 5.94. The van der Waals surface area contributed by atoms with Gasteiger partial charge in [0.05, 0.1) is 11.5 Å². The Labute approximate surface area is 82.9 Å². The Kier molecular flexibility index (Phi) is 4.78. The van der Waals surface area contributed by atoms with Gasteiger partial charge in [0.15, 0.2) is 5.13 Å². The Hall–Kier alpha value is -0.610. The molecule has 0 radical (unpaired) electrons. The number of nitrogens with zero attached hydrogens (tertiary/aromatic N) is 1. The van der Waals surface area contributed by atoms with E-state index in [4.69, 9.17) is 10.5 Å². The Balaban J connectivity index is 2.06. The normalized spacial score (nSPS) is 10.5. The zero-order valence-electron chi connectivity index (χ0n) is 7.95. The first-order valence-corrected chi connectivity index (χ1v) is 5.42. The van der Waals surface area contributed by atoms with Crippen LogP contribution in [0.2, 0.25) is 0 Å². The topological polar surface area (TPSA) is 48.1 Å². The van der Waals surface area contributed by atoms with Crippen molar-refractivity contribution >= 4 is 16.5 Å². The van der Waals surface area contributed by atoms with Crippen molar-refractivity contribution < 1.29 is 4.74 Å². The van der Waals surface area contributed by atoms with Gasteiger partial charge in [-0.1, -0.05) is 31.1 Å². The highest BCUT2D eigenvalue weighted by molar-refractivity contribution is 7.15. The molecule has 1 heterocycles. The van der Waals surface area contributed by atoms with E-state index in [1.807, 2.05) is 0 Å². The number of hydrogen-bond donors (Lipinski definition) is 1. The molecule has 0 amide bonds. The summed E-state index contributed by atoms with van der Waals surface area (Å²) in [7, 11) is 0. The van der Waals surface area contributed by atoms with Crippen LogP contribution in [0, 0.1) is 0 Å². The van der Waals surface area contributed by atoms with Gasteiger partial charge in [0, 0.05) is 12.8 Å². The third-order valence-corrected chi connectivity index (χ3v) is 2.51. The summed E-state index contributed by atoms with van der Waals surface area (Å²) in [5.74, 6) is 0. The first-order chi connectivity index (χ1) is 6.33. The van der Waals surface area contributed by atoms with Gasteiger partial charge in [-0.2, -0.15) is 0 Å². The van der Waals surface area contributed by atoms with Gasteiger partial charge >= 0.3 is 0 Å². The van der Waals surface area contributed by atoms with Crippen LogP contribution in [0.5, 0.6) is 0 Å². The fourth-order valence-corrected chi connectivity index (χ4v) is 1.64. The highest BCUT2D eigenvalue weighted by atomic mass is 32.1. The Morgan fingerprint density at radius 2 is 2.38 bits per heavy atom. The van der Waals surface area contributed by atoms with Crippen molar-refractivity contribution in [3.63, 3.8) is 0 Å². The average molecular weight is 200 g/mol. The summed E-state index contributed by atoms with van der Waals surface area (Å²) in [6.45, 7) is 3.67. The van der Waals surface area contributed by atoms with Gasteiger partial charge in [0.25, 0.3) is 0 Å². The molecule has 0 fully saturated rings. The molecule has 0 atom stereocenters. The molecular weight excluding hydrogens is 184 g/mol. The molecular formula is C9H16N2OS. The third-order valence-electron chi connectivity index (χ3n) is 1.71. The van der Waals surface area contributed by atoms with E-state index in [0.29, 0.717) is 11.7 Å². The molecule has 0 spiro atoms. The third kappa shape index (κ3) is 4.24. The Morgan fingerprint density at radius 1 is 1.54 bits per heavy atom. The maximum Gasteiger partial charge on any atom is 0.180 e. The molecule has 0 aliphatic heterocycles. The lowest BCUT2D eigenvalue weighted by Gasteiger charge is -2.00. The van der Waals surface area contributed by atoms with E-state index in [1.54, 1.807) is 6.20 Å². The van der Waals surface area contributed by atoms with Crippen LogP contribution in [0.25, 0.3) is 0 Å². The number of anilines is 1. The predicted molar refractivity (Wildman–Crippen MR) is 55.7 cm³/mol. The molecule has 13 heavy (non-hydrogen) atoms. The van der Waals surface area contributed by atoms with Crippen LogP contribution in [-0.4, -0.2) is 11.6 Å². The zero-order chi connectivity index (χ0) is 9.52. The van der Waals surface area contributed by atoms with Gasteiger partial charge in [-0.15, -0.1) is 0 Å². The molecule has 0 unspecified atom stereocenters. The van der Waals surface area contributed by atoms with E-state index in [0.717, 1.165) is 17.9 Å². The van der Waals surface area contributed by atoms with Gasteiger partial charge in [0.2, 0.25) is 0 Å². The van der Waals surface area contributed by atoms with E-state index in [-0.39, 0.29) is 0 Å². The summed E-state index contributed by atoms with van der Waals surface area (Å²) in [5, 5.41) is 0.618. The van der Waals surface area contributed by atoms with Crippen molar-refractivity contribution in [2.24, 2.45) is 0 Å². The van der Waals surface area contributed by atoms with Gasteiger partial charge < -0.3 is 10.5 Å². The number of unbranched alkanes of at least 4 members (excludes halogenated alkanes) is 2. The molecule has 1 aromatic heterocycles. The highest BCUT2D eigenvalue weighted by Gasteiger charge is 1.97. The summed E-state index contributed by atoms with van der Waals surface area (Å²) in [6.07, 6.45) is 5.40. The van der Waals surface area contributed by atoms with Crippen LogP contribution in [0.3, 0.4) is 0 Å². The molecule has 0 aliphatic rings. The van der Waals surface area contributed by atoms with E-state index >= 15 is 0 Å². The van der Waals surface area contributed by atoms with Crippen molar-refractivity contribution in [3.05, 3.63) is 11.1 Å². The second-order valence-electron chi connectivity index (χ2n) is 2.92. The molecule has 0 saturated heterocycles. The minimum atomic E-state index is 0.618. The minimum Gasteiger partial charge on any atom is -0.376 e. The van der Waals surface area contributed by atoms with E-state index in [9.17, 15) is 0 Å².